The van der Waals surface area contributed by atoms with E-state index in [0.29, 0.717) is 19.6 Å². The highest BCUT2D eigenvalue weighted by molar-refractivity contribution is 5.78. The minimum absolute atomic E-state index is 0.348. The summed E-state index contributed by atoms with van der Waals surface area (Å²) in [7, 11) is 3.32. The van der Waals surface area contributed by atoms with Crippen molar-refractivity contribution >= 4 is 5.97 Å². The Balaban J connectivity index is 2.44. The molecule has 0 aliphatic heterocycles. The molecule has 5 nitrogen and oxygen atoms in total. The van der Waals surface area contributed by atoms with Gasteiger partial charge < -0.3 is 19.9 Å². The van der Waals surface area contributed by atoms with E-state index < -0.39 is 11.5 Å². The molecule has 0 spiro atoms. The van der Waals surface area contributed by atoms with Crippen LogP contribution in [-0.4, -0.2) is 44.0 Å². The zero-order chi connectivity index (χ0) is 15.0. The number of aliphatic carboxylic acids is 1. The normalized spacial score (nSPS) is 13.8. The third kappa shape index (κ3) is 4.83. The van der Waals surface area contributed by atoms with Crippen LogP contribution in [0, 0.1) is 0 Å². The van der Waals surface area contributed by atoms with Gasteiger partial charge in [-0.3, -0.25) is 4.79 Å². The summed E-state index contributed by atoms with van der Waals surface area (Å²) >= 11 is 0. The second kappa shape index (κ2) is 7.87. The maximum atomic E-state index is 11.1. The standard InChI is InChI=1S/C15H23NO4/c1-15(16-2,14(17)18)9-11-20-13-6-4-12(5-7-13)8-10-19-3/h4-7,16H,8-11H2,1-3H3,(H,17,18). The molecule has 1 unspecified atom stereocenters. The molecule has 5 heteroatoms. The molecular formula is C15H23NO4. The molecule has 2 N–H and O–H groups in total. The van der Waals surface area contributed by atoms with Crippen LogP contribution in [0.5, 0.6) is 5.75 Å². The molecule has 0 bridgehead atoms. The lowest BCUT2D eigenvalue weighted by Gasteiger charge is -2.23. The Kier molecular flexibility index (Phi) is 6.48. The van der Waals surface area contributed by atoms with E-state index in [1.807, 2.05) is 24.3 Å². The molecule has 20 heavy (non-hydrogen) atoms. The fourth-order valence-corrected chi connectivity index (χ4v) is 1.68. The number of carboxylic acid groups (broad SMARTS) is 1. The molecule has 0 aromatic heterocycles. The van der Waals surface area contributed by atoms with E-state index in [1.54, 1.807) is 21.1 Å². The number of ether oxygens (including phenoxy) is 2. The van der Waals surface area contributed by atoms with Crippen molar-refractivity contribution in [2.45, 2.75) is 25.3 Å². The molecule has 0 amide bonds. The van der Waals surface area contributed by atoms with Gasteiger partial charge in [0.25, 0.3) is 0 Å². The highest BCUT2D eigenvalue weighted by Crippen LogP contribution is 2.15. The summed E-state index contributed by atoms with van der Waals surface area (Å²) in [5.74, 6) is -0.131. The Labute approximate surface area is 119 Å². The second-order valence-corrected chi connectivity index (χ2v) is 4.87. The Morgan fingerprint density at radius 3 is 2.45 bits per heavy atom. The molecule has 0 heterocycles. The molecule has 0 aliphatic rings. The molecule has 1 aromatic carbocycles. The maximum Gasteiger partial charge on any atom is 0.323 e. The Hall–Kier alpha value is -1.59. The third-order valence-electron chi connectivity index (χ3n) is 3.41. The highest BCUT2D eigenvalue weighted by Gasteiger charge is 2.30. The van der Waals surface area contributed by atoms with Crippen molar-refractivity contribution in [1.29, 1.82) is 0 Å². The molecular weight excluding hydrogens is 258 g/mol. The van der Waals surface area contributed by atoms with Gasteiger partial charge in [0.05, 0.1) is 13.2 Å². The Morgan fingerprint density at radius 2 is 1.95 bits per heavy atom. The number of hydrogen-bond acceptors (Lipinski definition) is 4. The Morgan fingerprint density at radius 1 is 1.30 bits per heavy atom. The number of carbonyl (C=O) groups is 1. The first-order valence-electron chi connectivity index (χ1n) is 6.65. The van der Waals surface area contributed by atoms with Gasteiger partial charge in [-0.05, 0) is 38.1 Å². The largest absolute Gasteiger partial charge is 0.494 e. The molecule has 0 saturated carbocycles. The molecule has 0 aliphatic carbocycles. The lowest BCUT2D eigenvalue weighted by Crippen LogP contribution is -2.48. The molecule has 0 fully saturated rings. The molecule has 0 saturated heterocycles. The number of benzene rings is 1. The predicted octanol–water partition coefficient (Wildman–Crippen LogP) is 1.71. The average Bonchev–Trinajstić information content (AvgIpc) is 2.46. The van der Waals surface area contributed by atoms with Crippen molar-refractivity contribution in [1.82, 2.24) is 5.32 Å². The first-order chi connectivity index (χ1) is 9.51. The number of nitrogens with one attached hydrogen (secondary N) is 1. The lowest BCUT2D eigenvalue weighted by atomic mass is 9.99. The van der Waals surface area contributed by atoms with Gasteiger partial charge in [0.1, 0.15) is 11.3 Å². The molecule has 0 radical (unpaired) electrons. The van der Waals surface area contributed by atoms with E-state index in [-0.39, 0.29) is 0 Å². The topological polar surface area (TPSA) is 67.8 Å². The van der Waals surface area contributed by atoms with Gasteiger partial charge in [-0.15, -0.1) is 0 Å². The number of carboxylic acids is 1. The summed E-state index contributed by atoms with van der Waals surface area (Å²) in [5, 5.41) is 11.9. The molecule has 1 rings (SSSR count). The molecule has 1 aromatic rings. The minimum Gasteiger partial charge on any atom is -0.494 e. The van der Waals surface area contributed by atoms with Gasteiger partial charge in [0.2, 0.25) is 0 Å². The van der Waals surface area contributed by atoms with Crippen molar-refractivity contribution in [2.24, 2.45) is 0 Å². The van der Waals surface area contributed by atoms with Gasteiger partial charge >= 0.3 is 5.97 Å². The zero-order valence-electron chi connectivity index (χ0n) is 12.3. The van der Waals surface area contributed by atoms with Crippen molar-refractivity contribution in [3.63, 3.8) is 0 Å². The third-order valence-corrected chi connectivity index (χ3v) is 3.41. The summed E-state index contributed by atoms with van der Waals surface area (Å²) in [6, 6.07) is 7.76. The van der Waals surface area contributed by atoms with Crippen LogP contribution in [-0.2, 0) is 16.0 Å². The zero-order valence-corrected chi connectivity index (χ0v) is 12.3. The summed E-state index contributed by atoms with van der Waals surface area (Å²) in [6.07, 6.45) is 1.26. The minimum atomic E-state index is -0.960. The number of hydrogen-bond donors (Lipinski definition) is 2. The van der Waals surface area contributed by atoms with Crippen LogP contribution in [0.2, 0.25) is 0 Å². The summed E-state index contributed by atoms with van der Waals surface area (Å²) < 4.78 is 10.6. The predicted molar refractivity (Wildman–Crippen MR) is 77.2 cm³/mol. The van der Waals surface area contributed by atoms with Crippen LogP contribution in [0.1, 0.15) is 18.9 Å². The second-order valence-electron chi connectivity index (χ2n) is 4.87. The van der Waals surface area contributed by atoms with Gasteiger partial charge in [-0.25, -0.2) is 0 Å². The Bertz CT molecular complexity index is 418. The number of methoxy groups -OCH3 is 1. The van der Waals surface area contributed by atoms with Crippen molar-refractivity contribution < 1.29 is 19.4 Å². The quantitative estimate of drug-likeness (QED) is 0.721. The van der Waals surface area contributed by atoms with E-state index in [0.717, 1.165) is 12.2 Å². The van der Waals surface area contributed by atoms with Crippen LogP contribution >= 0.6 is 0 Å². The van der Waals surface area contributed by atoms with E-state index in [4.69, 9.17) is 14.6 Å². The van der Waals surface area contributed by atoms with Crippen LogP contribution in [0.25, 0.3) is 0 Å². The smallest absolute Gasteiger partial charge is 0.323 e. The first kappa shape index (κ1) is 16.5. The molecule has 1 atom stereocenters. The maximum absolute atomic E-state index is 11.1. The van der Waals surface area contributed by atoms with Crippen LogP contribution in [0.3, 0.4) is 0 Å². The van der Waals surface area contributed by atoms with Crippen molar-refractivity contribution in [3.05, 3.63) is 29.8 Å². The summed E-state index contributed by atoms with van der Waals surface area (Å²) in [4.78, 5) is 11.1. The van der Waals surface area contributed by atoms with E-state index in [2.05, 4.69) is 5.32 Å². The van der Waals surface area contributed by atoms with Gasteiger partial charge in [0, 0.05) is 13.5 Å². The van der Waals surface area contributed by atoms with Crippen LogP contribution in [0.15, 0.2) is 24.3 Å². The lowest BCUT2D eigenvalue weighted by molar-refractivity contribution is -0.144. The highest BCUT2D eigenvalue weighted by atomic mass is 16.5. The van der Waals surface area contributed by atoms with E-state index in [1.165, 1.54) is 5.56 Å². The van der Waals surface area contributed by atoms with Gasteiger partial charge in [-0.2, -0.15) is 0 Å². The first-order valence-corrected chi connectivity index (χ1v) is 6.65. The van der Waals surface area contributed by atoms with E-state index in [9.17, 15) is 4.79 Å². The number of rotatable bonds is 9. The fourth-order valence-electron chi connectivity index (χ4n) is 1.68. The fraction of sp³-hybridized carbons (Fsp3) is 0.533. The SMILES string of the molecule is CNC(C)(CCOc1ccc(CCOC)cc1)C(=O)O. The number of likely N-dealkylation sites (N-methyl/N-ethyl adjacent to an activating group) is 1. The van der Waals surface area contributed by atoms with Crippen LogP contribution in [0.4, 0.5) is 0 Å². The molecule has 112 valence electrons. The van der Waals surface area contributed by atoms with Crippen molar-refractivity contribution in [2.75, 3.05) is 27.4 Å². The summed E-state index contributed by atoms with van der Waals surface area (Å²) in [6.45, 7) is 2.69. The average molecular weight is 281 g/mol. The van der Waals surface area contributed by atoms with E-state index >= 15 is 0 Å². The monoisotopic (exact) mass is 281 g/mol. The van der Waals surface area contributed by atoms with Crippen molar-refractivity contribution in [3.8, 4) is 5.75 Å². The van der Waals surface area contributed by atoms with Gasteiger partial charge in [-0.1, -0.05) is 12.1 Å². The van der Waals surface area contributed by atoms with Gasteiger partial charge in [0.15, 0.2) is 0 Å². The van der Waals surface area contributed by atoms with Crippen LogP contribution < -0.4 is 10.1 Å². The summed E-state index contributed by atoms with van der Waals surface area (Å²) in [5.41, 5.74) is 0.225.